The number of nitrogens with zero attached hydrogens (tertiary/aromatic N) is 2. The zero-order chi connectivity index (χ0) is 12.7. The lowest BCUT2D eigenvalue weighted by Gasteiger charge is -2.37. The molecule has 0 bridgehead atoms. The summed E-state index contributed by atoms with van der Waals surface area (Å²) < 4.78 is 0. The molecule has 0 fully saturated rings. The maximum absolute atomic E-state index is 5.85. The molecule has 0 atom stereocenters. The Bertz CT molecular complexity index is 309. The van der Waals surface area contributed by atoms with Crippen LogP contribution in [0.25, 0.3) is 0 Å². The van der Waals surface area contributed by atoms with Gasteiger partial charge in [0.05, 0.1) is 0 Å². The second-order valence-electron chi connectivity index (χ2n) is 5.11. The van der Waals surface area contributed by atoms with Crippen molar-refractivity contribution in [3.8, 4) is 0 Å². The Kier molecular flexibility index (Phi) is 5.59. The monoisotopic (exact) mass is 235 g/mol. The van der Waals surface area contributed by atoms with Crippen LogP contribution in [0.5, 0.6) is 0 Å². The summed E-state index contributed by atoms with van der Waals surface area (Å²) >= 11 is 0. The highest BCUT2D eigenvalue weighted by Crippen LogP contribution is 2.14. The number of hydrogen-bond acceptors (Lipinski definition) is 3. The summed E-state index contributed by atoms with van der Waals surface area (Å²) in [5.74, 6) is 0. The van der Waals surface area contributed by atoms with Crippen LogP contribution in [0.4, 0.5) is 0 Å². The standard InChI is InChI=1S/C14H25N3/c1-4-9-17(14(2,3)12-15)10-7-13-6-5-8-16-11-13/h5-6,8,11H,4,7,9-10,12,15H2,1-3H3. The SMILES string of the molecule is CCCN(CCc1cccnc1)C(C)(C)CN. The first-order valence-electron chi connectivity index (χ1n) is 6.44. The molecule has 1 rings (SSSR count). The Hall–Kier alpha value is -0.930. The van der Waals surface area contributed by atoms with Gasteiger partial charge in [0.15, 0.2) is 0 Å². The van der Waals surface area contributed by atoms with Crippen LogP contribution in [0, 0.1) is 0 Å². The molecule has 3 heteroatoms. The van der Waals surface area contributed by atoms with E-state index in [1.54, 1.807) is 0 Å². The van der Waals surface area contributed by atoms with Gasteiger partial charge in [-0.05, 0) is 44.9 Å². The number of pyridine rings is 1. The van der Waals surface area contributed by atoms with Crippen LogP contribution < -0.4 is 5.73 Å². The van der Waals surface area contributed by atoms with E-state index in [1.165, 1.54) is 5.56 Å². The van der Waals surface area contributed by atoms with Gasteiger partial charge in [0.2, 0.25) is 0 Å². The van der Waals surface area contributed by atoms with E-state index in [9.17, 15) is 0 Å². The fraction of sp³-hybridized carbons (Fsp3) is 0.643. The van der Waals surface area contributed by atoms with Crippen molar-refractivity contribution < 1.29 is 0 Å². The first kappa shape index (κ1) is 14.1. The minimum Gasteiger partial charge on any atom is -0.329 e. The van der Waals surface area contributed by atoms with E-state index in [2.05, 4.69) is 36.7 Å². The molecule has 0 aliphatic carbocycles. The zero-order valence-corrected chi connectivity index (χ0v) is 11.3. The van der Waals surface area contributed by atoms with Gasteiger partial charge in [-0.25, -0.2) is 0 Å². The molecule has 0 aliphatic rings. The molecule has 0 aliphatic heterocycles. The second kappa shape index (κ2) is 6.72. The maximum Gasteiger partial charge on any atom is 0.0300 e. The Morgan fingerprint density at radius 3 is 2.65 bits per heavy atom. The molecule has 0 saturated heterocycles. The van der Waals surface area contributed by atoms with Crippen molar-refractivity contribution in [2.45, 2.75) is 39.2 Å². The largest absolute Gasteiger partial charge is 0.329 e. The smallest absolute Gasteiger partial charge is 0.0300 e. The van der Waals surface area contributed by atoms with E-state index in [-0.39, 0.29) is 5.54 Å². The van der Waals surface area contributed by atoms with Crippen molar-refractivity contribution in [2.75, 3.05) is 19.6 Å². The van der Waals surface area contributed by atoms with Gasteiger partial charge in [0.1, 0.15) is 0 Å². The van der Waals surface area contributed by atoms with Crippen LogP contribution in [0.2, 0.25) is 0 Å². The van der Waals surface area contributed by atoms with Crippen molar-refractivity contribution in [2.24, 2.45) is 5.73 Å². The average Bonchev–Trinajstić information content (AvgIpc) is 2.35. The molecule has 2 N–H and O–H groups in total. The third-order valence-corrected chi connectivity index (χ3v) is 3.24. The van der Waals surface area contributed by atoms with Gasteiger partial charge >= 0.3 is 0 Å². The molecule has 0 aromatic carbocycles. The van der Waals surface area contributed by atoms with Crippen LogP contribution in [0.15, 0.2) is 24.5 Å². The Morgan fingerprint density at radius 2 is 2.12 bits per heavy atom. The van der Waals surface area contributed by atoms with Crippen molar-refractivity contribution in [3.63, 3.8) is 0 Å². The van der Waals surface area contributed by atoms with Crippen molar-refractivity contribution in [1.82, 2.24) is 9.88 Å². The average molecular weight is 235 g/mol. The normalized spacial score (nSPS) is 12.1. The van der Waals surface area contributed by atoms with E-state index < -0.39 is 0 Å². The summed E-state index contributed by atoms with van der Waals surface area (Å²) in [6.07, 6.45) is 5.96. The third-order valence-electron chi connectivity index (χ3n) is 3.24. The van der Waals surface area contributed by atoms with E-state index >= 15 is 0 Å². The molecule has 96 valence electrons. The molecule has 0 saturated carbocycles. The molecule has 0 amide bonds. The number of rotatable bonds is 7. The Morgan fingerprint density at radius 1 is 1.35 bits per heavy atom. The lowest BCUT2D eigenvalue weighted by molar-refractivity contribution is 0.128. The van der Waals surface area contributed by atoms with E-state index in [1.807, 2.05) is 18.5 Å². The molecule has 1 heterocycles. The van der Waals surface area contributed by atoms with Crippen LogP contribution in [0.3, 0.4) is 0 Å². The van der Waals surface area contributed by atoms with Gasteiger partial charge in [-0.3, -0.25) is 9.88 Å². The van der Waals surface area contributed by atoms with Crippen molar-refractivity contribution in [1.29, 1.82) is 0 Å². The summed E-state index contributed by atoms with van der Waals surface area (Å²) in [6.45, 7) is 9.48. The minimum absolute atomic E-state index is 0.0816. The summed E-state index contributed by atoms with van der Waals surface area (Å²) in [6, 6.07) is 4.13. The molecule has 0 radical (unpaired) electrons. The predicted octanol–water partition coefficient (Wildman–Crippen LogP) is 2.07. The van der Waals surface area contributed by atoms with E-state index in [4.69, 9.17) is 5.73 Å². The number of hydrogen-bond donors (Lipinski definition) is 1. The van der Waals surface area contributed by atoms with Gasteiger partial charge in [-0.1, -0.05) is 13.0 Å². The first-order chi connectivity index (χ1) is 8.10. The second-order valence-corrected chi connectivity index (χ2v) is 5.11. The van der Waals surface area contributed by atoms with Crippen molar-refractivity contribution in [3.05, 3.63) is 30.1 Å². The summed E-state index contributed by atoms with van der Waals surface area (Å²) in [7, 11) is 0. The fourth-order valence-electron chi connectivity index (χ4n) is 1.93. The molecule has 0 spiro atoms. The molecule has 0 unspecified atom stereocenters. The minimum atomic E-state index is 0.0816. The third kappa shape index (κ3) is 4.44. The highest BCUT2D eigenvalue weighted by Gasteiger charge is 2.23. The highest BCUT2D eigenvalue weighted by atomic mass is 15.2. The van der Waals surface area contributed by atoms with E-state index in [0.717, 1.165) is 25.9 Å². The van der Waals surface area contributed by atoms with Gasteiger partial charge in [-0.15, -0.1) is 0 Å². The number of nitrogens with two attached hydrogens (primary N) is 1. The van der Waals surface area contributed by atoms with Crippen LogP contribution in [-0.4, -0.2) is 35.1 Å². The summed E-state index contributed by atoms with van der Waals surface area (Å²) in [4.78, 5) is 6.62. The lowest BCUT2D eigenvalue weighted by atomic mass is 10.0. The molecule has 17 heavy (non-hydrogen) atoms. The van der Waals surface area contributed by atoms with Crippen molar-refractivity contribution >= 4 is 0 Å². The Balaban J connectivity index is 2.56. The van der Waals surface area contributed by atoms with Gasteiger partial charge in [0, 0.05) is 31.0 Å². The predicted molar refractivity (Wildman–Crippen MR) is 72.9 cm³/mol. The quantitative estimate of drug-likeness (QED) is 0.786. The highest BCUT2D eigenvalue weighted by molar-refractivity contribution is 5.09. The summed E-state index contributed by atoms with van der Waals surface area (Å²) in [5.41, 5.74) is 7.23. The lowest BCUT2D eigenvalue weighted by Crippen LogP contribution is -2.50. The molecular formula is C14H25N3. The molecule has 3 nitrogen and oxygen atoms in total. The van der Waals surface area contributed by atoms with Gasteiger partial charge in [-0.2, -0.15) is 0 Å². The Labute approximate surface area is 105 Å². The van der Waals surface area contributed by atoms with Gasteiger partial charge in [0.25, 0.3) is 0 Å². The summed E-state index contributed by atoms with van der Waals surface area (Å²) in [5, 5.41) is 0. The van der Waals surface area contributed by atoms with E-state index in [0.29, 0.717) is 6.54 Å². The molecule has 1 aromatic heterocycles. The fourth-order valence-corrected chi connectivity index (χ4v) is 1.93. The topological polar surface area (TPSA) is 42.2 Å². The zero-order valence-electron chi connectivity index (χ0n) is 11.3. The van der Waals surface area contributed by atoms with Crippen LogP contribution in [0.1, 0.15) is 32.8 Å². The molecule has 1 aromatic rings. The molecular weight excluding hydrogens is 210 g/mol. The maximum atomic E-state index is 5.85. The van der Waals surface area contributed by atoms with Gasteiger partial charge < -0.3 is 5.73 Å². The van der Waals surface area contributed by atoms with Crippen LogP contribution in [-0.2, 0) is 6.42 Å². The van der Waals surface area contributed by atoms with Crippen LogP contribution >= 0.6 is 0 Å². The number of aromatic nitrogens is 1. The first-order valence-corrected chi connectivity index (χ1v) is 6.44.